The fourth-order valence-electron chi connectivity index (χ4n) is 2.18. The topological polar surface area (TPSA) is 66.8 Å². The Labute approximate surface area is 108 Å². The molecule has 1 saturated heterocycles. The zero-order chi connectivity index (χ0) is 13.9. The molecule has 1 aliphatic heterocycles. The summed E-state index contributed by atoms with van der Waals surface area (Å²) in [5.74, 6) is -0.566. The Balaban J connectivity index is 2.74. The molecule has 5 heteroatoms. The largest absolute Gasteiger partial charge is 0.480 e. The molecule has 1 fully saturated rings. The minimum Gasteiger partial charge on any atom is -0.480 e. The highest BCUT2D eigenvalue weighted by molar-refractivity contribution is 5.80. The second-order valence-corrected chi connectivity index (χ2v) is 5.83. The number of nitrogens with zero attached hydrogens (tertiary/aromatic N) is 1. The average Bonchev–Trinajstić information content (AvgIpc) is 2.25. The molecule has 1 heterocycles. The van der Waals surface area contributed by atoms with Crippen LogP contribution in [0.4, 0.5) is 4.79 Å². The van der Waals surface area contributed by atoms with Gasteiger partial charge >= 0.3 is 12.1 Å². The van der Waals surface area contributed by atoms with E-state index in [1.165, 1.54) is 4.90 Å². The van der Waals surface area contributed by atoms with Crippen molar-refractivity contribution in [1.29, 1.82) is 0 Å². The van der Waals surface area contributed by atoms with E-state index in [1.54, 1.807) is 20.8 Å². The maximum atomic E-state index is 12.0. The fraction of sp³-hybridized carbons (Fsp3) is 0.846. The van der Waals surface area contributed by atoms with Crippen molar-refractivity contribution < 1.29 is 19.4 Å². The summed E-state index contributed by atoms with van der Waals surface area (Å²) in [6, 6.07) is -0.751. The first kappa shape index (κ1) is 14.8. The van der Waals surface area contributed by atoms with E-state index in [9.17, 15) is 14.7 Å². The molecule has 2 atom stereocenters. The van der Waals surface area contributed by atoms with E-state index in [0.717, 1.165) is 12.8 Å². The van der Waals surface area contributed by atoms with Gasteiger partial charge in [0.2, 0.25) is 0 Å². The number of carboxylic acids is 1. The molecule has 5 nitrogen and oxygen atoms in total. The number of hydrogen-bond acceptors (Lipinski definition) is 3. The van der Waals surface area contributed by atoms with Crippen molar-refractivity contribution in [2.45, 2.75) is 58.6 Å². The summed E-state index contributed by atoms with van der Waals surface area (Å²) >= 11 is 0. The van der Waals surface area contributed by atoms with E-state index >= 15 is 0 Å². The minimum atomic E-state index is -0.945. The summed E-state index contributed by atoms with van der Waals surface area (Å²) in [6.07, 6.45) is 1.79. The van der Waals surface area contributed by atoms with Gasteiger partial charge in [0.15, 0.2) is 0 Å². The SMILES string of the molecule is CC[C@H]1CCN(C(=O)OC(C)(C)C)[C@H](C(=O)O)C1. The van der Waals surface area contributed by atoms with Gasteiger partial charge < -0.3 is 9.84 Å². The lowest BCUT2D eigenvalue weighted by Gasteiger charge is -2.37. The second-order valence-electron chi connectivity index (χ2n) is 5.83. The Hall–Kier alpha value is -1.26. The van der Waals surface area contributed by atoms with Gasteiger partial charge in [-0.2, -0.15) is 0 Å². The molecule has 0 bridgehead atoms. The van der Waals surface area contributed by atoms with Crippen molar-refractivity contribution in [3.05, 3.63) is 0 Å². The first-order valence-corrected chi connectivity index (χ1v) is 6.47. The van der Waals surface area contributed by atoms with Crippen LogP contribution in [0, 0.1) is 5.92 Å². The van der Waals surface area contributed by atoms with Gasteiger partial charge in [0.05, 0.1) is 0 Å². The average molecular weight is 257 g/mol. The van der Waals surface area contributed by atoms with Gasteiger partial charge in [0, 0.05) is 6.54 Å². The lowest BCUT2D eigenvalue weighted by molar-refractivity contribution is -0.145. The summed E-state index contributed by atoms with van der Waals surface area (Å²) in [7, 11) is 0. The predicted octanol–water partition coefficient (Wildman–Crippen LogP) is 2.50. The van der Waals surface area contributed by atoms with Gasteiger partial charge in [-0.15, -0.1) is 0 Å². The normalized spacial score (nSPS) is 24.8. The highest BCUT2D eigenvalue weighted by Gasteiger charge is 2.37. The lowest BCUT2D eigenvalue weighted by atomic mass is 9.89. The van der Waals surface area contributed by atoms with Gasteiger partial charge in [-0.25, -0.2) is 9.59 Å². The molecule has 1 N–H and O–H groups in total. The summed E-state index contributed by atoms with van der Waals surface area (Å²) in [4.78, 5) is 24.6. The predicted molar refractivity (Wildman–Crippen MR) is 67.4 cm³/mol. The molecule has 1 rings (SSSR count). The van der Waals surface area contributed by atoms with Crippen LogP contribution in [-0.2, 0) is 9.53 Å². The van der Waals surface area contributed by atoms with E-state index in [4.69, 9.17) is 4.74 Å². The Bertz CT molecular complexity index is 321. The molecule has 0 saturated carbocycles. The number of carbonyl (C=O) groups excluding carboxylic acids is 1. The van der Waals surface area contributed by atoms with Crippen LogP contribution < -0.4 is 0 Å². The van der Waals surface area contributed by atoms with Crippen LogP contribution in [0.1, 0.15) is 47.0 Å². The Morgan fingerprint density at radius 2 is 2.00 bits per heavy atom. The number of rotatable bonds is 2. The number of ether oxygens (including phenoxy) is 1. The maximum Gasteiger partial charge on any atom is 0.411 e. The van der Waals surface area contributed by atoms with Crippen LogP contribution in [0.2, 0.25) is 0 Å². The van der Waals surface area contributed by atoms with Crippen molar-refractivity contribution in [2.75, 3.05) is 6.54 Å². The molecule has 0 radical (unpaired) electrons. The fourth-order valence-corrected chi connectivity index (χ4v) is 2.18. The monoisotopic (exact) mass is 257 g/mol. The quantitative estimate of drug-likeness (QED) is 0.825. The van der Waals surface area contributed by atoms with Gasteiger partial charge in [-0.3, -0.25) is 4.90 Å². The summed E-state index contributed by atoms with van der Waals surface area (Å²) in [5, 5.41) is 9.22. The highest BCUT2D eigenvalue weighted by atomic mass is 16.6. The molecule has 0 aromatic heterocycles. The molecule has 0 aromatic rings. The standard InChI is InChI=1S/C13H23NO4/c1-5-9-6-7-14(10(8-9)11(15)16)12(17)18-13(2,3)4/h9-10H,5-8H2,1-4H3,(H,15,16)/t9-,10-/m0/s1. The Morgan fingerprint density at radius 3 is 2.44 bits per heavy atom. The van der Waals surface area contributed by atoms with Crippen molar-refractivity contribution >= 4 is 12.1 Å². The van der Waals surface area contributed by atoms with Gasteiger partial charge in [0.1, 0.15) is 11.6 Å². The van der Waals surface area contributed by atoms with Crippen LogP contribution in [0.15, 0.2) is 0 Å². The van der Waals surface area contributed by atoms with Crippen molar-refractivity contribution in [1.82, 2.24) is 4.90 Å². The Morgan fingerprint density at radius 1 is 1.39 bits per heavy atom. The van der Waals surface area contributed by atoms with Gasteiger partial charge in [-0.1, -0.05) is 13.3 Å². The molecule has 1 amide bonds. The maximum absolute atomic E-state index is 12.0. The van der Waals surface area contributed by atoms with E-state index < -0.39 is 23.7 Å². The third-order valence-electron chi connectivity index (χ3n) is 3.20. The second kappa shape index (κ2) is 5.59. The summed E-state index contributed by atoms with van der Waals surface area (Å²) < 4.78 is 5.25. The third kappa shape index (κ3) is 3.89. The van der Waals surface area contributed by atoms with Crippen molar-refractivity contribution in [3.63, 3.8) is 0 Å². The van der Waals surface area contributed by atoms with E-state index in [-0.39, 0.29) is 0 Å². The number of likely N-dealkylation sites (tertiary alicyclic amines) is 1. The molecule has 104 valence electrons. The van der Waals surface area contributed by atoms with Crippen molar-refractivity contribution in [2.24, 2.45) is 5.92 Å². The minimum absolute atomic E-state index is 0.379. The van der Waals surface area contributed by atoms with Crippen LogP contribution in [0.5, 0.6) is 0 Å². The van der Waals surface area contributed by atoms with E-state index in [0.29, 0.717) is 18.9 Å². The van der Waals surface area contributed by atoms with Gasteiger partial charge in [-0.05, 0) is 39.5 Å². The molecular weight excluding hydrogens is 234 g/mol. The van der Waals surface area contributed by atoms with Crippen molar-refractivity contribution in [3.8, 4) is 0 Å². The third-order valence-corrected chi connectivity index (χ3v) is 3.20. The van der Waals surface area contributed by atoms with Crippen LogP contribution in [-0.4, -0.2) is 40.3 Å². The zero-order valence-corrected chi connectivity index (χ0v) is 11.6. The molecule has 18 heavy (non-hydrogen) atoms. The molecule has 0 aromatic carbocycles. The molecule has 0 spiro atoms. The number of piperidine rings is 1. The summed E-state index contributed by atoms with van der Waals surface area (Å²) in [6.45, 7) is 7.84. The zero-order valence-electron chi connectivity index (χ0n) is 11.6. The lowest BCUT2D eigenvalue weighted by Crippen LogP contribution is -2.51. The molecule has 0 unspecified atom stereocenters. The highest BCUT2D eigenvalue weighted by Crippen LogP contribution is 2.27. The number of carboxylic acid groups (broad SMARTS) is 1. The molecule has 0 aliphatic carbocycles. The number of amides is 1. The van der Waals surface area contributed by atoms with Gasteiger partial charge in [0.25, 0.3) is 0 Å². The van der Waals surface area contributed by atoms with Crippen LogP contribution >= 0.6 is 0 Å². The first-order chi connectivity index (χ1) is 8.24. The molecule has 1 aliphatic rings. The number of carbonyl (C=O) groups is 2. The Kier molecular flexibility index (Phi) is 4.59. The number of hydrogen-bond donors (Lipinski definition) is 1. The van der Waals surface area contributed by atoms with E-state index in [1.807, 2.05) is 6.92 Å². The van der Waals surface area contributed by atoms with Crippen LogP contribution in [0.3, 0.4) is 0 Å². The first-order valence-electron chi connectivity index (χ1n) is 6.47. The molecular formula is C13H23NO4. The smallest absolute Gasteiger partial charge is 0.411 e. The van der Waals surface area contributed by atoms with E-state index in [2.05, 4.69) is 0 Å². The summed E-state index contributed by atoms with van der Waals surface area (Å²) in [5.41, 5.74) is -0.595. The number of aliphatic carboxylic acids is 1. The van der Waals surface area contributed by atoms with Crippen LogP contribution in [0.25, 0.3) is 0 Å².